The molecule has 0 radical (unpaired) electrons. The van der Waals surface area contributed by atoms with E-state index in [9.17, 15) is 0 Å². The van der Waals surface area contributed by atoms with E-state index in [-0.39, 0.29) is 34.1 Å². The van der Waals surface area contributed by atoms with Crippen molar-refractivity contribution in [3.63, 3.8) is 0 Å². The molecular weight excluding hydrogens is 184 g/mol. The van der Waals surface area contributed by atoms with Crippen molar-refractivity contribution in [1.82, 2.24) is 0 Å². The summed E-state index contributed by atoms with van der Waals surface area (Å²) in [5.41, 5.74) is 0. The summed E-state index contributed by atoms with van der Waals surface area (Å²) < 4.78 is 17.0. The molecule has 0 amide bonds. The van der Waals surface area contributed by atoms with Gasteiger partial charge in [0.2, 0.25) is 0 Å². The SMILES string of the molecule is C.C.O.O.O.OO.[H+].[H+].[O]=[Ti]=[O]. The fourth-order valence-electron chi connectivity index (χ4n) is 0. The van der Waals surface area contributed by atoms with Gasteiger partial charge in [0.05, 0.1) is 0 Å². The fourth-order valence-corrected chi connectivity index (χ4v) is 0. The van der Waals surface area contributed by atoms with Crippen molar-refractivity contribution in [3.8, 4) is 0 Å². The zero-order valence-electron chi connectivity index (χ0n) is 5.71. The molecule has 0 aliphatic heterocycles. The quantitative estimate of drug-likeness (QED) is 0.285. The van der Waals surface area contributed by atoms with E-state index in [1.165, 1.54) is 0 Å². The van der Waals surface area contributed by atoms with Gasteiger partial charge in [0.1, 0.15) is 0 Å². The first-order valence-electron chi connectivity index (χ1n) is 0.608. The summed E-state index contributed by atoms with van der Waals surface area (Å²) in [5, 5.41) is 12.0. The van der Waals surface area contributed by atoms with Crippen LogP contribution in [0, 0.1) is 0 Å². The molecular formula is C2H18O7Ti+2. The molecule has 10 heavy (non-hydrogen) atoms. The molecule has 0 aromatic carbocycles. The van der Waals surface area contributed by atoms with Crippen LogP contribution < -0.4 is 0 Å². The van der Waals surface area contributed by atoms with Crippen molar-refractivity contribution < 1.29 is 55.5 Å². The van der Waals surface area contributed by atoms with Gasteiger partial charge < -0.3 is 16.4 Å². The zero-order valence-corrected chi connectivity index (χ0v) is 5.27. The van der Waals surface area contributed by atoms with Crippen molar-refractivity contribution >= 4 is 0 Å². The molecule has 0 spiro atoms. The predicted octanol–water partition coefficient (Wildman–Crippen LogP) is -1.20. The van der Waals surface area contributed by atoms with Gasteiger partial charge >= 0.3 is 28.6 Å². The summed E-state index contributed by atoms with van der Waals surface area (Å²) in [5.74, 6) is 0. The summed E-state index contributed by atoms with van der Waals surface area (Å²) in [4.78, 5) is 0. The van der Waals surface area contributed by atoms with Crippen LogP contribution in [0.4, 0.5) is 0 Å². The van der Waals surface area contributed by atoms with Gasteiger partial charge in [0, 0.05) is 0 Å². The van der Waals surface area contributed by atoms with Crippen LogP contribution in [0.5, 0.6) is 0 Å². The molecule has 0 heterocycles. The van der Waals surface area contributed by atoms with Crippen molar-refractivity contribution in [1.29, 1.82) is 0 Å². The molecule has 8 heteroatoms. The van der Waals surface area contributed by atoms with Crippen molar-refractivity contribution in [2.75, 3.05) is 0 Å². The molecule has 0 bridgehead atoms. The van der Waals surface area contributed by atoms with Crippen LogP contribution in [-0.2, 0) is 25.7 Å². The second-order valence-electron chi connectivity index (χ2n) is 0.0833. The molecule has 0 rings (SSSR count). The first-order chi connectivity index (χ1) is 2.41. The van der Waals surface area contributed by atoms with Gasteiger partial charge in [-0.1, -0.05) is 14.9 Å². The predicted molar refractivity (Wildman–Crippen MR) is 33.2 cm³/mol. The minimum absolute atomic E-state index is 0. The van der Waals surface area contributed by atoms with E-state index >= 15 is 0 Å². The van der Waals surface area contributed by atoms with Gasteiger partial charge in [-0.05, 0) is 0 Å². The van der Waals surface area contributed by atoms with Crippen LogP contribution in [0.3, 0.4) is 0 Å². The van der Waals surface area contributed by atoms with Crippen molar-refractivity contribution in [2.45, 2.75) is 14.9 Å². The number of hydrogen-bond acceptors (Lipinski definition) is 4. The fraction of sp³-hybridized carbons (Fsp3) is 1.00. The van der Waals surface area contributed by atoms with Crippen LogP contribution in [0.15, 0.2) is 0 Å². The van der Waals surface area contributed by atoms with Crippen LogP contribution in [0.25, 0.3) is 0 Å². The monoisotopic (exact) mass is 202 g/mol. The Bertz CT molecular complexity index is 40.4. The Morgan fingerprint density at radius 1 is 0.900 bits per heavy atom. The maximum absolute atomic E-state index is 8.50. The van der Waals surface area contributed by atoms with Crippen molar-refractivity contribution in [3.05, 3.63) is 0 Å². The van der Waals surface area contributed by atoms with E-state index < -0.39 is 19.1 Å². The van der Waals surface area contributed by atoms with Gasteiger partial charge in [-0.3, -0.25) is 10.5 Å². The molecule has 70 valence electrons. The average Bonchev–Trinajstić information content (AvgIpc) is 1.46. The van der Waals surface area contributed by atoms with E-state index in [1.54, 1.807) is 0 Å². The van der Waals surface area contributed by atoms with E-state index in [1.807, 2.05) is 0 Å². The number of rotatable bonds is 0. The molecule has 7 nitrogen and oxygen atoms in total. The molecule has 0 aromatic heterocycles. The van der Waals surface area contributed by atoms with E-state index in [2.05, 4.69) is 0 Å². The van der Waals surface area contributed by atoms with Gasteiger partial charge in [-0.15, -0.1) is 0 Å². The molecule has 8 N–H and O–H groups in total. The Balaban J connectivity index is -0.00000000138. The van der Waals surface area contributed by atoms with Crippen molar-refractivity contribution in [2.24, 2.45) is 0 Å². The molecule has 0 aliphatic rings. The van der Waals surface area contributed by atoms with Gasteiger partial charge in [0.15, 0.2) is 0 Å². The van der Waals surface area contributed by atoms with Gasteiger partial charge in [0.25, 0.3) is 0 Å². The zero-order chi connectivity index (χ0) is 4.71. The third-order valence-corrected chi connectivity index (χ3v) is 0. The Kier molecular flexibility index (Phi) is 4190. The van der Waals surface area contributed by atoms with Crippen LogP contribution in [0.2, 0.25) is 0 Å². The molecule has 0 saturated carbocycles. The summed E-state index contributed by atoms with van der Waals surface area (Å²) in [7, 11) is 0. The molecule has 0 saturated heterocycles. The first kappa shape index (κ1) is 86.6. The second kappa shape index (κ2) is 483. The molecule has 0 atom stereocenters. The molecule has 0 aliphatic carbocycles. The Morgan fingerprint density at radius 3 is 0.900 bits per heavy atom. The van der Waals surface area contributed by atoms with E-state index in [0.29, 0.717) is 0 Å². The molecule has 0 unspecified atom stereocenters. The minimum atomic E-state index is -2.00. The van der Waals surface area contributed by atoms with Crippen LogP contribution in [0.1, 0.15) is 17.7 Å². The number of hydrogen-bond donors (Lipinski definition) is 2. The van der Waals surface area contributed by atoms with Gasteiger partial charge in [-0.2, -0.15) is 0 Å². The van der Waals surface area contributed by atoms with E-state index in [0.717, 1.165) is 0 Å². The Labute approximate surface area is 71.1 Å². The van der Waals surface area contributed by atoms with E-state index in [4.69, 9.17) is 17.2 Å². The van der Waals surface area contributed by atoms with Crippen LogP contribution in [-0.4, -0.2) is 26.9 Å². The summed E-state index contributed by atoms with van der Waals surface area (Å²) >= 11 is -2.00. The van der Waals surface area contributed by atoms with Gasteiger partial charge in [-0.25, -0.2) is 0 Å². The summed E-state index contributed by atoms with van der Waals surface area (Å²) in [6, 6.07) is 0. The second-order valence-corrected chi connectivity index (χ2v) is 0.344. The first-order valence-corrected chi connectivity index (χ1v) is 1.88. The van der Waals surface area contributed by atoms with Crippen LogP contribution >= 0.6 is 0 Å². The Hall–Kier alpha value is 0.114. The maximum atomic E-state index is 8.50. The summed E-state index contributed by atoms with van der Waals surface area (Å²) in [6.07, 6.45) is 0. The third-order valence-electron chi connectivity index (χ3n) is 0. The molecule has 0 aromatic rings. The average molecular weight is 202 g/mol. The third kappa shape index (κ3) is 31400. The standard InChI is InChI=1S/2CH4.H2O2.3H2O.2O.Ti/c;;1-2;;;;;;/h2*1H4;1-2H;3*1H2;;;/p+2. The molecule has 0 fully saturated rings. The topological polar surface area (TPSA) is 169 Å². The normalized spacial score (nSPS) is 1.40. The summed E-state index contributed by atoms with van der Waals surface area (Å²) in [6.45, 7) is 0. The Morgan fingerprint density at radius 2 is 0.900 bits per heavy atom.